The Bertz CT molecular complexity index is 267. The molecule has 1 aliphatic heterocycles. The number of hydrogen-bond donors (Lipinski definition) is 1. The normalized spacial score (nSPS) is 27.3. The minimum atomic E-state index is -0.676. The topological polar surface area (TPSA) is 63.6 Å². The van der Waals surface area contributed by atoms with Gasteiger partial charge in [0.1, 0.15) is 11.3 Å². The molecule has 1 heterocycles. The van der Waals surface area contributed by atoms with Crippen LogP contribution < -0.4 is 0 Å². The lowest BCUT2D eigenvalue weighted by Crippen LogP contribution is -2.06. The van der Waals surface area contributed by atoms with Crippen molar-refractivity contribution in [2.75, 3.05) is 6.61 Å². The maximum Gasteiger partial charge on any atom is 0.345 e. The second-order valence-corrected chi connectivity index (χ2v) is 3.03. The van der Waals surface area contributed by atoms with Crippen molar-refractivity contribution in [2.45, 2.75) is 12.8 Å². The summed E-state index contributed by atoms with van der Waals surface area (Å²) >= 11 is 0. The molecule has 0 spiro atoms. The Morgan fingerprint density at radius 1 is 1.42 bits per heavy atom. The van der Waals surface area contributed by atoms with Gasteiger partial charge in [0.25, 0.3) is 0 Å². The van der Waals surface area contributed by atoms with Crippen molar-refractivity contribution in [3.63, 3.8) is 0 Å². The van der Waals surface area contributed by atoms with Gasteiger partial charge in [-0.3, -0.25) is 4.79 Å². The molecule has 2 aliphatic rings. The summed E-state index contributed by atoms with van der Waals surface area (Å²) in [5, 5.41) is 9.39. The van der Waals surface area contributed by atoms with Gasteiger partial charge in [-0.05, 0) is 12.8 Å². The highest BCUT2D eigenvalue weighted by atomic mass is 16.5. The zero-order chi connectivity index (χ0) is 8.72. The van der Waals surface area contributed by atoms with Crippen molar-refractivity contribution >= 4 is 11.8 Å². The van der Waals surface area contributed by atoms with E-state index in [0.29, 0.717) is 0 Å². The van der Waals surface area contributed by atoms with Gasteiger partial charge >= 0.3 is 5.97 Å². The van der Waals surface area contributed by atoms with Crippen LogP contribution in [-0.4, -0.2) is 23.5 Å². The van der Waals surface area contributed by atoms with Gasteiger partial charge in [-0.2, -0.15) is 0 Å². The largest absolute Gasteiger partial charge is 0.511 e. The van der Waals surface area contributed by atoms with Crippen LogP contribution in [0.5, 0.6) is 0 Å². The summed E-state index contributed by atoms with van der Waals surface area (Å²) in [6.45, 7) is -0.217. The van der Waals surface area contributed by atoms with Gasteiger partial charge in [-0.15, -0.1) is 0 Å². The van der Waals surface area contributed by atoms with Gasteiger partial charge in [0, 0.05) is 5.92 Å². The summed E-state index contributed by atoms with van der Waals surface area (Å²) < 4.78 is 4.47. The van der Waals surface area contributed by atoms with Crippen LogP contribution >= 0.6 is 0 Å². The summed E-state index contributed by atoms with van der Waals surface area (Å²) in [6, 6.07) is 0. The predicted molar refractivity (Wildman–Crippen MR) is 38.3 cm³/mol. The molecular weight excluding hydrogens is 160 g/mol. The molecule has 0 aromatic carbocycles. The van der Waals surface area contributed by atoms with Crippen molar-refractivity contribution in [3.05, 3.63) is 11.3 Å². The van der Waals surface area contributed by atoms with E-state index in [1.54, 1.807) is 0 Å². The average Bonchev–Trinajstić information content (AvgIpc) is 2.79. The number of ketones is 1. The highest BCUT2D eigenvalue weighted by Crippen LogP contribution is 2.37. The van der Waals surface area contributed by atoms with Gasteiger partial charge in [-0.25, -0.2) is 4.79 Å². The van der Waals surface area contributed by atoms with Gasteiger partial charge in [-0.1, -0.05) is 0 Å². The Morgan fingerprint density at radius 2 is 2.08 bits per heavy atom. The second-order valence-electron chi connectivity index (χ2n) is 3.03. The molecule has 0 amide bonds. The zero-order valence-corrected chi connectivity index (χ0v) is 6.37. The maximum atomic E-state index is 11.0. The third-order valence-corrected chi connectivity index (χ3v) is 2.04. The Hall–Kier alpha value is -1.32. The number of cyclic esters (lactones) is 1. The quantitative estimate of drug-likeness (QED) is 0.265. The molecule has 4 heteroatoms. The second kappa shape index (κ2) is 2.33. The van der Waals surface area contributed by atoms with E-state index in [0.717, 1.165) is 12.8 Å². The van der Waals surface area contributed by atoms with Crippen LogP contribution in [0.25, 0.3) is 0 Å². The number of rotatable bonds is 1. The number of hydrogen-bond acceptors (Lipinski definition) is 4. The Labute approximate surface area is 68.8 Å². The molecule has 1 saturated heterocycles. The number of Topliss-reactive ketones (excluding diaryl/α,β-unsaturated/α-hetero) is 1. The fourth-order valence-electron chi connectivity index (χ4n) is 1.20. The minimum absolute atomic E-state index is 0.0228. The summed E-state index contributed by atoms with van der Waals surface area (Å²) in [5.74, 6) is -1.12. The number of aliphatic hydroxyl groups is 1. The van der Waals surface area contributed by atoms with Crippen molar-refractivity contribution in [1.29, 1.82) is 0 Å². The molecule has 0 unspecified atom stereocenters. The number of ether oxygens (including phenoxy) is 1. The summed E-state index contributed by atoms with van der Waals surface area (Å²) in [5.41, 5.74) is -0.127. The van der Waals surface area contributed by atoms with Crippen LogP contribution in [0.4, 0.5) is 0 Å². The Morgan fingerprint density at radius 3 is 2.50 bits per heavy atom. The molecule has 0 radical (unpaired) electrons. The molecule has 12 heavy (non-hydrogen) atoms. The Balaban J connectivity index is 2.34. The zero-order valence-electron chi connectivity index (χ0n) is 6.37. The molecule has 2 rings (SSSR count). The van der Waals surface area contributed by atoms with Crippen molar-refractivity contribution in [3.8, 4) is 0 Å². The summed E-state index contributed by atoms with van der Waals surface area (Å²) in [6.07, 6.45) is 1.71. The van der Waals surface area contributed by atoms with Crippen LogP contribution in [0.1, 0.15) is 12.8 Å². The van der Waals surface area contributed by atoms with Crippen LogP contribution in [0.15, 0.2) is 11.3 Å². The standard InChI is InChI=1S/C8H8O4/c9-5-3-12-8(11)6(5)7(10)4-1-2-4/h4,10H,1-3H2. The van der Waals surface area contributed by atoms with E-state index in [4.69, 9.17) is 0 Å². The van der Waals surface area contributed by atoms with Crippen LogP contribution in [-0.2, 0) is 14.3 Å². The molecule has 0 atom stereocenters. The van der Waals surface area contributed by atoms with E-state index in [1.165, 1.54) is 0 Å². The molecule has 1 saturated carbocycles. The Kier molecular flexibility index (Phi) is 1.43. The first kappa shape index (κ1) is 7.34. The number of carbonyl (C=O) groups is 2. The van der Waals surface area contributed by atoms with Gasteiger partial charge in [0.15, 0.2) is 6.61 Å². The monoisotopic (exact) mass is 168 g/mol. The first-order valence-corrected chi connectivity index (χ1v) is 3.83. The van der Waals surface area contributed by atoms with Crippen molar-refractivity contribution in [2.24, 2.45) is 5.92 Å². The van der Waals surface area contributed by atoms with Crippen molar-refractivity contribution in [1.82, 2.24) is 0 Å². The van der Waals surface area contributed by atoms with E-state index in [2.05, 4.69) is 4.74 Å². The average molecular weight is 168 g/mol. The van der Waals surface area contributed by atoms with E-state index in [-0.39, 0.29) is 23.9 Å². The minimum Gasteiger partial charge on any atom is -0.511 e. The molecule has 0 aromatic rings. The van der Waals surface area contributed by atoms with Gasteiger partial charge < -0.3 is 9.84 Å². The lowest BCUT2D eigenvalue weighted by atomic mass is 10.1. The van der Waals surface area contributed by atoms with E-state index < -0.39 is 11.8 Å². The van der Waals surface area contributed by atoms with E-state index >= 15 is 0 Å². The van der Waals surface area contributed by atoms with E-state index in [9.17, 15) is 14.7 Å². The lowest BCUT2D eigenvalue weighted by molar-refractivity contribution is -0.135. The molecule has 2 fully saturated rings. The lowest BCUT2D eigenvalue weighted by Gasteiger charge is -1.96. The maximum absolute atomic E-state index is 11.0. The molecule has 0 bridgehead atoms. The molecule has 0 aromatic heterocycles. The van der Waals surface area contributed by atoms with Gasteiger partial charge in [0.2, 0.25) is 5.78 Å². The van der Waals surface area contributed by atoms with Crippen LogP contribution in [0.2, 0.25) is 0 Å². The number of aliphatic hydroxyl groups excluding tert-OH is 1. The smallest absolute Gasteiger partial charge is 0.345 e. The number of esters is 1. The van der Waals surface area contributed by atoms with E-state index in [1.807, 2.05) is 0 Å². The number of carbonyl (C=O) groups excluding carboxylic acids is 2. The van der Waals surface area contributed by atoms with Crippen molar-refractivity contribution < 1.29 is 19.4 Å². The predicted octanol–water partition coefficient (Wildman–Crippen LogP) is 0.334. The fourth-order valence-corrected chi connectivity index (χ4v) is 1.20. The van der Waals surface area contributed by atoms with Crippen LogP contribution in [0, 0.1) is 5.92 Å². The summed E-state index contributed by atoms with van der Waals surface area (Å²) in [7, 11) is 0. The molecule has 1 aliphatic carbocycles. The SMILES string of the molecule is O=C1COC(=O)C1=C(O)C1CC1. The number of allylic oxidation sites excluding steroid dienone is 1. The first-order valence-electron chi connectivity index (χ1n) is 3.83. The molecule has 4 nitrogen and oxygen atoms in total. The molecule has 1 N–H and O–H groups in total. The summed E-state index contributed by atoms with van der Waals surface area (Å²) in [4.78, 5) is 21.9. The fraction of sp³-hybridized carbons (Fsp3) is 0.500. The highest BCUT2D eigenvalue weighted by molar-refractivity contribution is 6.22. The third-order valence-electron chi connectivity index (χ3n) is 2.04. The van der Waals surface area contributed by atoms with Crippen LogP contribution in [0.3, 0.4) is 0 Å². The third kappa shape index (κ3) is 0.995. The molecular formula is C8H8O4. The molecule has 64 valence electrons. The first-order chi connectivity index (χ1) is 5.70. The van der Waals surface area contributed by atoms with Gasteiger partial charge in [0.05, 0.1) is 0 Å². The highest BCUT2D eigenvalue weighted by Gasteiger charge is 2.38.